The predicted octanol–water partition coefficient (Wildman–Crippen LogP) is 0.771. The fourth-order valence-electron chi connectivity index (χ4n) is 2.47. The fraction of sp³-hybridized carbons (Fsp3) is 0.562. The molecule has 1 aliphatic rings. The SMILES string of the molecule is Cc1ccccc1NC(=O)CN(C)CCN1CCNCC1. The number of nitrogens with one attached hydrogen (secondary N) is 2. The van der Waals surface area contributed by atoms with E-state index in [2.05, 4.69) is 20.4 Å². The summed E-state index contributed by atoms with van der Waals surface area (Å²) in [5, 5.41) is 6.32. The van der Waals surface area contributed by atoms with E-state index in [4.69, 9.17) is 0 Å². The summed E-state index contributed by atoms with van der Waals surface area (Å²) in [6.07, 6.45) is 0. The molecule has 1 aromatic rings. The van der Waals surface area contributed by atoms with Gasteiger partial charge in [-0.3, -0.25) is 14.6 Å². The summed E-state index contributed by atoms with van der Waals surface area (Å²) in [6, 6.07) is 7.86. The third-order valence-corrected chi connectivity index (χ3v) is 3.84. The van der Waals surface area contributed by atoms with Crippen LogP contribution in [0.25, 0.3) is 0 Å². The summed E-state index contributed by atoms with van der Waals surface area (Å²) in [4.78, 5) is 16.6. The zero-order valence-corrected chi connectivity index (χ0v) is 13.1. The highest BCUT2D eigenvalue weighted by molar-refractivity contribution is 5.92. The predicted molar refractivity (Wildman–Crippen MR) is 86.6 cm³/mol. The van der Waals surface area contributed by atoms with Gasteiger partial charge in [-0.2, -0.15) is 0 Å². The van der Waals surface area contributed by atoms with Gasteiger partial charge < -0.3 is 10.6 Å². The Morgan fingerprint density at radius 3 is 2.76 bits per heavy atom. The van der Waals surface area contributed by atoms with E-state index >= 15 is 0 Å². The molecule has 2 N–H and O–H groups in total. The second kappa shape index (κ2) is 8.12. The van der Waals surface area contributed by atoms with E-state index in [1.807, 2.05) is 38.2 Å². The molecular formula is C16H26N4O. The van der Waals surface area contributed by atoms with Gasteiger partial charge in [0.05, 0.1) is 6.54 Å². The lowest BCUT2D eigenvalue weighted by atomic mass is 10.2. The Labute approximate surface area is 127 Å². The molecule has 1 amide bonds. The molecule has 21 heavy (non-hydrogen) atoms. The maximum atomic E-state index is 12.0. The van der Waals surface area contributed by atoms with Crippen molar-refractivity contribution in [3.8, 4) is 0 Å². The lowest BCUT2D eigenvalue weighted by Gasteiger charge is -2.28. The smallest absolute Gasteiger partial charge is 0.238 e. The van der Waals surface area contributed by atoms with Gasteiger partial charge in [0, 0.05) is 45.0 Å². The fourth-order valence-corrected chi connectivity index (χ4v) is 2.47. The zero-order valence-electron chi connectivity index (χ0n) is 13.1. The van der Waals surface area contributed by atoms with Crippen LogP contribution >= 0.6 is 0 Å². The van der Waals surface area contributed by atoms with Crippen LogP contribution < -0.4 is 10.6 Å². The third-order valence-electron chi connectivity index (χ3n) is 3.84. The highest BCUT2D eigenvalue weighted by Crippen LogP contribution is 2.12. The van der Waals surface area contributed by atoms with E-state index in [1.165, 1.54) is 0 Å². The Morgan fingerprint density at radius 1 is 1.33 bits per heavy atom. The first-order valence-corrected chi connectivity index (χ1v) is 7.62. The number of piperazine rings is 1. The molecule has 1 saturated heterocycles. The molecule has 1 aliphatic heterocycles. The number of carbonyl (C=O) groups excluding carboxylic acids is 1. The van der Waals surface area contributed by atoms with Crippen molar-refractivity contribution in [2.24, 2.45) is 0 Å². The van der Waals surface area contributed by atoms with Crippen LogP contribution in [-0.4, -0.2) is 68.6 Å². The van der Waals surface area contributed by atoms with Crippen molar-refractivity contribution in [1.82, 2.24) is 15.1 Å². The summed E-state index contributed by atoms with van der Waals surface area (Å²) >= 11 is 0. The summed E-state index contributed by atoms with van der Waals surface area (Å²) < 4.78 is 0. The average Bonchev–Trinajstić information content (AvgIpc) is 2.48. The van der Waals surface area contributed by atoms with Gasteiger partial charge in [-0.1, -0.05) is 18.2 Å². The molecule has 5 heteroatoms. The van der Waals surface area contributed by atoms with Crippen molar-refractivity contribution in [2.75, 3.05) is 58.2 Å². The molecule has 1 heterocycles. The maximum absolute atomic E-state index is 12.0. The largest absolute Gasteiger partial charge is 0.325 e. The summed E-state index contributed by atoms with van der Waals surface area (Å²) in [7, 11) is 2.00. The van der Waals surface area contributed by atoms with E-state index in [0.29, 0.717) is 6.54 Å². The molecule has 116 valence electrons. The molecule has 0 aromatic heterocycles. The lowest BCUT2D eigenvalue weighted by molar-refractivity contribution is -0.117. The van der Waals surface area contributed by atoms with Crippen LogP contribution in [-0.2, 0) is 4.79 Å². The maximum Gasteiger partial charge on any atom is 0.238 e. The number of para-hydroxylation sites is 1. The summed E-state index contributed by atoms with van der Waals surface area (Å²) in [5.41, 5.74) is 1.99. The van der Waals surface area contributed by atoms with Crippen LogP contribution in [0.4, 0.5) is 5.69 Å². The molecule has 0 radical (unpaired) electrons. The number of aryl methyl sites for hydroxylation is 1. The third kappa shape index (κ3) is 5.46. The first-order valence-electron chi connectivity index (χ1n) is 7.62. The number of benzene rings is 1. The van der Waals surface area contributed by atoms with Crippen molar-refractivity contribution in [2.45, 2.75) is 6.92 Å². The Bertz CT molecular complexity index is 457. The van der Waals surface area contributed by atoms with Crippen LogP contribution in [0.5, 0.6) is 0 Å². The van der Waals surface area contributed by atoms with E-state index in [1.54, 1.807) is 0 Å². The molecule has 1 fully saturated rings. The van der Waals surface area contributed by atoms with E-state index in [-0.39, 0.29) is 5.91 Å². The molecule has 1 aromatic carbocycles. The van der Waals surface area contributed by atoms with E-state index in [0.717, 1.165) is 50.5 Å². The standard InChI is InChI=1S/C16H26N4O/c1-14-5-3-4-6-15(14)18-16(21)13-19(2)11-12-20-9-7-17-8-10-20/h3-6,17H,7-13H2,1-2H3,(H,18,21). The topological polar surface area (TPSA) is 47.6 Å². The first kappa shape index (κ1) is 15.9. The second-order valence-corrected chi connectivity index (χ2v) is 5.69. The van der Waals surface area contributed by atoms with Crippen LogP contribution in [0, 0.1) is 6.92 Å². The molecule has 0 aliphatic carbocycles. The monoisotopic (exact) mass is 290 g/mol. The number of anilines is 1. The minimum Gasteiger partial charge on any atom is -0.325 e. The van der Waals surface area contributed by atoms with Crippen molar-refractivity contribution in [3.63, 3.8) is 0 Å². The van der Waals surface area contributed by atoms with Gasteiger partial charge >= 0.3 is 0 Å². The minimum absolute atomic E-state index is 0.0483. The summed E-state index contributed by atoms with van der Waals surface area (Å²) in [6.45, 7) is 8.71. The molecule has 0 spiro atoms. The zero-order chi connectivity index (χ0) is 15.1. The van der Waals surface area contributed by atoms with Crippen LogP contribution in [0.3, 0.4) is 0 Å². The Kier molecular flexibility index (Phi) is 6.17. The van der Waals surface area contributed by atoms with Gasteiger partial charge in [0.2, 0.25) is 5.91 Å². The van der Waals surface area contributed by atoms with Crippen LogP contribution in [0.2, 0.25) is 0 Å². The number of hydrogen-bond donors (Lipinski definition) is 2. The normalized spacial score (nSPS) is 16.1. The Hall–Kier alpha value is -1.43. The number of rotatable bonds is 6. The molecule has 0 saturated carbocycles. The van der Waals surface area contributed by atoms with Gasteiger partial charge in [-0.15, -0.1) is 0 Å². The lowest BCUT2D eigenvalue weighted by Crippen LogP contribution is -2.46. The quantitative estimate of drug-likeness (QED) is 0.812. The molecule has 0 unspecified atom stereocenters. The number of amides is 1. The molecule has 0 atom stereocenters. The van der Waals surface area contributed by atoms with Gasteiger partial charge in [0.25, 0.3) is 0 Å². The number of hydrogen-bond acceptors (Lipinski definition) is 4. The minimum atomic E-state index is 0.0483. The number of nitrogens with zero attached hydrogens (tertiary/aromatic N) is 2. The number of carbonyl (C=O) groups is 1. The van der Waals surface area contributed by atoms with Crippen molar-refractivity contribution in [1.29, 1.82) is 0 Å². The molecule has 5 nitrogen and oxygen atoms in total. The van der Waals surface area contributed by atoms with Gasteiger partial charge in [-0.25, -0.2) is 0 Å². The molecular weight excluding hydrogens is 264 g/mol. The summed E-state index contributed by atoms with van der Waals surface area (Å²) in [5.74, 6) is 0.0483. The van der Waals surface area contributed by atoms with Crippen molar-refractivity contribution in [3.05, 3.63) is 29.8 Å². The average molecular weight is 290 g/mol. The van der Waals surface area contributed by atoms with E-state index in [9.17, 15) is 4.79 Å². The van der Waals surface area contributed by atoms with Gasteiger partial charge in [-0.05, 0) is 25.6 Å². The van der Waals surface area contributed by atoms with Crippen molar-refractivity contribution >= 4 is 11.6 Å². The number of likely N-dealkylation sites (N-methyl/N-ethyl adjacent to an activating group) is 1. The Balaban J connectivity index is 1.70. The highest BCUT2D eigenvalue weighted by atomic mass is 16.2. The van der Waals surface area contributed by atoms with Gasteiger partial charge in [0.1, 0.15) is 0 Å². The van der Waals surface area contributed by atoms with E-state index < -0.39 is 0 Å². The second-order valence-electron chi connectivity index (χ2n) is 5.69. The molecule has 0 bridgehead atoms. The van der Waals surface area contributed by atoms with Crippen molar-refractivity contribution < 1.29 is 4.79 Å². The van der Waals surface area contributed by atoms with Gasteiger partial charge in [0.15, 0.2) is 0 Å². The van der Waals surface area contributed by atoms with Crippen LogP contribution in [0.1, 0.15) is 5.56 Å². The molecule has 2 rings (SSSR count). The Morgan fingerprint density at radius 2 is 2.05 bits per heavy atom. The first-order chi connectivity index (χ1) is 10.1. The van der Waals surface area contributed by atoms with Crippen LogP contribution in [0.15, 0.2) is 24.3 Å². The highest BCUT2D eigenvalue weighted by Gasteiger charge is 2.12.